The Labute approximate surface area is 234 Å². The lowest BCUT2D eigenvalue weighted by Crippen LogP contribution is -2.24. The molecule has 0 amide bonds. The topological polar surface area (TPSA) is 55.8 Å². The average molecular weight is 517 g/mol. The number of hydrogen-bond acceptors (Lipinski definition) is 3. The molecule has 0 radical (unpaired) electrons. The maximum atomic E-state index is 10.4. The largest absolute Gasteiger partial charge is 0.370 e. The van der Waals surface area contributed by atoms with Crippen LogP contribution < -0.4 is 4.90 Å². The van der Waals surface area contributed by atoms with Crippen molar-refractivity contribution in [2.45, 2.75) is 13.8 Å². The van der Waals surface area contributed by atoms with Gasteiger partial charge in [-0.1, -0.05) is 78.9 Å². The maximum absolute atomic E-state index is 10.4. The van der Waals surface area contributed by atoms with Gasteiger partial charge >= 0.3 is 0 Å². The molecule has 4 nitrogen and oxygen atoms in total. The number of anilines is 1. The number of rotatable bonds is 6. The number of hydrogen-bond donors (Lipinski definition) is 0. The molecule has 192 valence electrons. The fraction of sp³-hybridized carbons (Fsp3) is 0.111. The van der Waals surface area contributed by atoms with Gasteiger partial charge in [0.25, 0.3) is 0 Å². The molecule has 0 unspecified atom stereocenters. The van der Waals surface area contributed by atoms with Crippen LogP contribution in [-0.4, -0.2) is 17.7 Å². The second-order valence-corrected chi connectivity index (χ2v) is 9.75. The molecule has 0 saturated heterocycles. The van der Waals surface area contributed by atoms with Gasteiger partial charge in [-0.25, -0.2) is 0 Å². The Balaban J connectivity index is 1.58. The van der Waals surface area contributed by atoms with Gasteiger partial charge in [0.1, 0.15) is 12.1 Å². The molecule has 1 heterocycles. The minimum Gasteiger partial charge on any atom is -0.370 e. The van der Waals surface area contributed by atoms with Crippen molar-refractivity contribution >= 4 is 27.5 Å². The Morgan fingerprint density at radius 3 is 1.57 bits per heavy atom. The minimum atomic E-state index is 0.532. The molecule has 0 saturated carbocycles. The van der Waals surface area contributed by atoms with Crippen LogP contribution in [0.15, 0.2) is 109 Å². The lowest BCUT2D eigenvalue weighted by Gasteiger charge is -2.26. The third-order valence-corrected chi connectivity index (χ3v) is 7.71. The van der Waals surface area contributed by atoms with E-state index in [9.17, 15) is 10.5 Å². The zero-order valence-corrected chi connectivity index (χ0v) is 22.6. The highest BCUT2D eigenvalue weighted by molar-refractivity contribution is 6.09. The van der Waals surface area contributed by atoms with Gasteiger partial charge in [0, 0.05) is 40.7 Å². The first-order valence-electron chi connectivity index (χ1n) is 13.6. The summed E-state index contributed by atoms with van der Waals surface area (Å²) in [5, 5.41) is 23.2. The maximum Gasteiger partial charge on any atom is 0.102 e. The van der Waals surface area contributed by atoms with Crippen LogP contribution in [0, 0.1) is 22.7 Å². The molecule has 1 aromatic heterocycles. The molecule has 6 rings (SSSR count). The monoisotopic (exact) mass is 516 g/mol. The summed E-state index contributed by atoms with van der Waals surface area (Å²) in [6, 6.07) is 42.2. The van der Waals surface area contributed by atoms with E-state index in [-0.39, 0.29) is 0 Å². The van der Waals surface area contributed by atoms with Crippen molar-refractivity contribution in [1.29, 1.82) is 10.5 Å². The smallest absolute Gasteiger partial charge is 0.102 e. The molecule has 0 aliphatic heterocycles. The van der Waals surface area contributed by atoms with Crippen molar-refractivity contribution in [2.24, 2.45) is 0 Å². The third kappa shape index (κ3) is 3.99. The Morgan fingerprint density at radius 2 is 1.07 bits per heavy atom. The number of nitrogens with zero attached hydrogens (tertiary/aromatic N) is 4. The number of nitriles is 2. The first-order chi connectivity index (χ1) is 19.7. The van der Waals surface area contributed by atoms with Gasteiger partial charge in [-0.05, 0) is 55.3 Å². The van der Waals surface area contributed by atoms with Crippen LogP contribution in [0.4, 0.5) is 5.69 Å². The summed E-state index contributed by atoms with van der Waals surface area (Å²) in [5.74, 6) is 0. The standard InChI is InChI=1S/C36H28N4/c1-3-39(4-2)36-32(23-37)30(25-12-6-5-7-13-25)22-31(33(36)24-38)26-18-20-27(21-19-26)40-34-16-10-8-14-28(34)29-15-9-11-17-35(29)40/h5-22H,3-4H2,1-2H3. The van der Waals surface area contributed by atoms with Crippen LogP contribution >= 0.6 is 0 Å². The third-order valence-electron chi connectivity index (χ3n) is 7.71. The van der Waals surface area contributed by atoms with Crippen molar-refractivity contribution < 1.29 is 0 Å². The van der Waals surface area contributed by atoms with E-state index in [0.717, 1.165) is 39.0 Å². The van der Waals surface area contributed by atoms with Gasteiger partial charge in [0.15, 0.2) is 0 Å². The highest BCUT2D eigenvalue weighted by Gasteiger charge is 2.23. The molecule has 0 aliphatic carbocycles. The van der Waals surface area contributed by atoms with E-state index < -0.39 is 0 Å². The van der Waals surface area contributed by atoms with E-state index in [2.05, 4.69) is 108 Å². The second kappa shape index (κ2) is 10.4. The Kier molecular flexibility index (Phi) is 6.52. The van der Waals surface area contributed by atoms with Crippen LogP contribution in [0.1, 0.15) is 25.0 Å². The number of fused-ring (bicyclic) bond motifs is 3. The summed E-state index contributed by atoms with van der Waals surface area (Å²) in [6.45, 7) is 5.51. The molecular formula is C36H28N4. The van der Waals surface area contributed by atoms with Crippen molar-refractivity contribution in [3.63, 3.8) is 0 Å². The van der Waals surface area contributed by atoms with Crippen LogP contribution in [0.2, 0.25) is 0 Å². The SMILES string of the molecule is CCN(CC)c1c(C#N)c(-c2ccccc2)cc(-c2ccc(-n3c4ccccc4c4ccccc43)cc2)c1C#N. The van der Waals surface area contributed by atoms with Crippen LogP contribution in [0.25, 0.3) is 49.7 Å². The van der Waals surface area contributed by atoms with Crippen LogP contribution in [-0.2, 0) is 0 Å². The van der Waals surface area contributed by atoms with Crippen LogP contribution in [0.3, 0.4) is 0 Å². The second-order valence-electron chi connectivity index (χ2n) is 9.75. The molecule has 0 bridgehead atoms. The molecule has 0 spiro atoms. The van der Waals surface area contributed by atoms with Crippen molar-refractivity contribution in [3.8, 4) is 40.1 Å². The van der Waals surface area contributed by atoms with E-state index in [1.54, 1.807) is 0 Å². The zero-order valence-electron chi connectivity index (χ0n) is 22.6. The summed E-state index contributed by atoms with van der Waals surface area (Å²) in [6.07, 6.45) is 0. The summed E-state index contributed by atoms with van der Waals surface area (Å²) in [7, 11) is 0. The molecule has 0 fully saturated rings. The van der Waals surface area contributed by atoms with Crippen molar-refractivity contribution in [2.75, 3.05) is 18.0 Å². The molecule has 0 aliphatic rings. The lowest BCUT2D eigenvalue weighted by molar-refractivity contribution is 0.863. The van der Waals surface area contributed by atoms with Gasteiger partial charge in [0.2, 0.25) is 0 Å². The van der Waals surface area contributed by atoms with Gasteiger partial charge in [-0.2, -0.15) is 10.5 Å². The molecule has 0 atom stereocenters. The summed E-state index contributed by atoms with van der Waals surface area (Å²) in [4.78, 5) is 2.11. The summed E-state index contributed by atoms with van der Waals surface area (Å²) in [5.41, 5.74) is 8.71. The fourth-order valence-electron chi connectivity index (χ4n) is 5.82. The molecule has 4 heteroatoms. The van der Waals surface area contributed by atoms with Gasteiger partial charge in [-0.15, -0.1) is 0 Å². The van der Waals surface area contributed by atoms with E-state index >= 15 is 0 Å². The molecule has 5 aromatic carbocycles. The molecular weight excluding hydrogens is 488 g/mol. The Hall–Kier alpha value is -5.32. The predicted octanol–water partition coefficient (Wildman–Crippen LogP) is 8.71. The molecule has 40 heavy (non-hydrogen) atoms. The van der Waals surface area contributed by atoms with E-state index in [4.69, 9.17) is 0 Å². The predicted molar refractivity (Wildman–Crippen MR) is 165 cm³/mol. The number of aromatic nitrogens is 1. The first kappa shape index (κ1) is 25.0. The van der Waals surface area contributed by atoms with Crippen molar-refractivity contribution in [1.82, 2.24) is 4.57 Å². The van der Waals surface area contributed by atoms with Crippen LogP contribution in [0.5, 0.6) is 0 Å². The summed E-state index contributed by atoms with van der Waals surface area (Å²) >= 11 is 0. The van der Waals surface area contributed by atoms with E-state index in [1.807, 2.05) is 36.4 Å². The van der Waals surface area contributed by atoms with Crippen molar-refractivity contribution in [3.05, 3.63) is 120 Å². The highest BCUT2D eigenvalue weighted by atomic mass is 15.1. The molecule has 0 N–H and O–H groups in total. The number of benzene rings is 5. The Morgan fingerprint density at radius 1 is 0.600 bits per heavy atom. The van der Waals surface area contributed by atoms with Gasteiger partial charge in [0.05, 0.1) is 27.8 Å². The highest BCUT2D eigenvalue weighted by Crippen LogP contribution is 2.41. The quantitative estimate of drug-likeness (QED) is 0.222. The van der Waals surface area contributed by atoms with Gasteiger partial charge in [-0.3, -0.25) is 0 Å². The zero-order chi connectivity index (χ0) is 27.6. The number of para-hydroxylation sites is 2. The van der Waals surface area contributed by atoms with Gasteiger partial charge < -0.3 is 9.47 Å². The minimum absolute atomic E-state index is 0.532. The normalized spacial score (nSPS) is 10.9. The van der Waals surface area contributed by atoms with E-state index in [0.29, 0.717) is 29.9 Å². The fourth-order valence-corrected chi connectivity index (χ4v) is 5.82. The molecule has 6 aromatic rings. The average Bonchev–Trinajstić information content (AvgIpc) is 3.36. The summed E-state index contributed by atoms with van der Waals surface area (Å²) < 4.78 is 2.29. The lowest BCUT2D eigenvalue weighted by atomic mass is 9.88. The first-order valence-corrected chi connectivity index (χ1v) is 13.6. The van der Waals surface area contributed by atoms with E-state index in [1.165, 1.54) is 10.8 Å². The Bertz CT molecular complexity index is 1880.